The van der Waals surface area contributed by atoms with Gasteiger partial charge in [-0.25, -0.2) is 0 Å². The minimum absolute atomic E-state index is 0.0715. The zero-order valence-corrected chi connectivity index (χ0v) is 10.6. The fourth-order valence-electron chi connectivity index (χ4n) is 1.54. The van der Waals surface area contributed by atoms with Crippen LogP contribution in [0.1, 0.15) is 5.82 Å². The second-order valence-corrected chi connectivity index (χ2v) is 4.97. The average molecular weight is 305 g/mol. The molecule has 2 heterocycles. The van der Waals surface area contributed by atoms with Crippen molar-refractivity contribution in [1.29, 1.82) is 0 Å². The standard InChI is InChI=1S/C10H4ClF3N4S/c11-6-4-2-1-3-5(6)7-17-18-8(10(12,13)14)15-16-9(18)19-7/h1-4H. The molecule has 19 heavy (non-hydrogen) atoms. The lowest BCUT2D eigenvalue weighted by Gasteiger charge is -2.00. The molecule has 9 heteroatoms. The van der Waals surface area contributed by atoms with E-state index in [-0.39, 0.29) is 4.96 Å². The maximum Gasteiger partial charge on any atom is 0.453 e. The molecule has 0 atom stereocenters. The number of rotatable bonds is 1. The summed E-state index contributed by atoms with van der Waals surface area (Å²) < 4.78 is 38.7. The van der Waals surface area contributed by atoms with Crippen LogP contribution in [0.4, 0.5) is 13.2 Å². The lowest BCUT2D eigenvalue weighted by molar-refractivity contribution is -0.146. The minimum Gasteiger partial charge on any atom is -0.178 e. The van der Waals surface area contributed by atoms with Crippen LogP contribution in [0.15, 0.2) is 24.3 Å². The molecule has 0 N–H and O–H groups in total. The van der Waals surface area contributed by atoms with E-state index in [1.165, 1.54) is 0 Å². The van der Waals surface area contributed by atoms with E-state index < -0.39 is 12.0 Å². The van der Waals surface area contributed by atoms with Crippen LogP contribution in [0.2, 0.25) is 5.02 Å². The molecule has 0 unspecified atom stereocenters. The molecule has 0 aliphatic heterocycles. The Bertz CT molecular complexity index is 749. The van der Waals surface area contributed by atoms with Crippen molar-refractivity contribution in [1.82, 2.24) is 19.8 Å². The van der Waals surface area contributed by atoms with Crippen molar-refractivity contribution in [2.45, 2.75) is 6.18 Å². The van der Waals surface area contributed by atoms with Gasteiger partial charge in [0.2, 0.25) is 4.96 Å². The zero-order valence-electron chi connectivity index (χ0n) is 9.02. The van der Waals surface area contributed by atoms with Crippen LogP contribution in [-0.4, -0.2) is 19.8 Å². The van der Waals surface area contributed by atoms with Gasteiger partial charge in [0.05, 0.1) is 5.02 Å². The van der Waals surface area contributed by atoms with Gasteiger partial charge < -0.3 is 0 Å². The quantitative estimate of drug-likeness (QED) is 0.691. The largest absolute Gasteiger partial charge is 0.453 e. The Hall–Kier alpha value is -1.67. The Kier molecular flexibility index (Phi) is 2.72. The molecule has 0 radical (unpaired) electrons. The summed E-state index contributed by atoms with van der Waals surface area (Å²) in [4.78, 5) is 0.0715. The van der Waals surface area contributed by atoms with Crippen LogP contribution in [0.3, 0.4) is 0 Å². The van der Waals surface area contributed by atoms with Crippen molar-refractivity contribution >= 4 is 27.9 Å². The van der Waals surface area contributed by atoms with Gasteiger partial charge in [0.1, 0.15) is 5.01 Å². The summed E-state index contributed by atoms with van der Waals surface area (Å²) in [5.74, 6) is -1.14. The topological polar surface area (TPSA) is 43.1 Å². The monoisotopic (exact) mass is 304 g/mol. The Morgan fingerprint density at radius 2 is 1.89 bits per heavy atom. The summed E-state index contributed by atoms with van der Waals surface area (Å²) in [7, 11) is 0. The van der Waals surface area contributed by atoms with Crippen molar-refractivity contribution in [3.05, 3.63) is 35.1 Å². The Morgan fingerprint density at radius 3 is 2.58 bits per heavy atom. The fraction of sp³-hybridized carbons (Fsp3) is 0.100. The first-order valence-corrected chi connectivity index (χ1v) is 6.20. The molecule has 98 valence electrons. The number of halogens is 4. The SMILES string of the molecule is FC(F)(F)c1nnc2sc(-c3ccccc3Cl)nn12. The van der Waals surface area contributed by atoms with Gasteiger partial charge in [0.15, 0.2) is 0 Å². The molecule has 0 amide bonds. The zero-order chi connectivity index (χ0) is 13.6. The summed E-state index contributed by atoms with van der Waals surface area (Å²) in [6, 6.07) is 6.78. The summed E-state index contributed by atoms with van der Waals surface area (Å²) in [5, 5.41) is 11.2. The predicted molar refractivity (Wildman–Crippen MR) is 64.1 cm³/mol. The highest BCUT2D eigenvalue weighted by Gasteiger charge is 2.38. The minimum atomic E-state index is -4.59. The molecule has 0 aliphatic carbocycles. The molecule has 0 bridgehead atoms. The third kappa shape index (κ3) is 2.06. The third-order valence-corrected chi connectivity index (χ3v) is 3.61. The van der Waals surface area contributed by atoms with Gasteiger partial charge in [0.25, 0.3) is 5.82 Å². The van der Waals surface area contributed by atoms with E-state index in [0.29, 0.717) is 20.1 Å². The van der Waals surface area contributed by atoms with Gasteiger partial charge in [-0.05, 0) is 6.07 Å². The van der Waals surface area contributed by atoms with Crippen LogP contribution in [-0.2, 0) is 6.18 Å². The average Bonchev–Trinajstić information content (AvgIpc) is 2.86. The molecule has 4 nitrogen and oxygen atoms in total. The van der Waals surface area contributed by atoms with Crippen molar-refractivity contribution < 1.29 is 13.2 Å². The van der Waals surface area contributed by atoms with Gasteiger partial charge in [-0.2, -0.15) is 22.8 Å². The summed E-state index contributed by atoms with van der Waals surface area (Å²) in [6.45, 7) is 0. The van der Waals surface area contributed by atoms with Crippen LogP contribution in [0, 0.1) is 0 Å². The number of aromatic nitrogens is 4. The summed E-state index contributed by atoms with van der Waals surface area (Å²) in [6.07, 6.45) is -4.59. The van der Waals surface area contributed by atoms with Gasteiger partial charge in [-0.15, -0.1) is 10.2 Å². The lowest BCUT2D eigenvalue weighted by Crippen LogP contribution is -2.11. The third-order valence-electron chi connectivity index (χ3n) is 2.35. The molecule has 3 rings (SSSR count). The van der Waals surface area contributed by atoms with Crippen molar-refractivity contribution in [2.24, 2.45) is 0 Å². The number of benzene rings is 1. The van der Waals surface area contributed by atoms with Crippen LogP contribution in [0.5, 0.6) is 0 Å². The smallest absolute Gasteiger partial charge is 0.178 e. The van der Waals surface area contributed by atoms with Crippen LogP contribution in [0.25, 0.3) is 15.5 Å². The lowest BCUT2D eigenvalue weighted by atomic mass is 10.2. The first-order chi connectivity index (χ1) is 8.97. The molecule has 3 aromatic rings. The van der Waals surface area contributed by atoms with E-state index >= 15 is 0 Å². The highest BCUT2D eigenvalue weighted by Crippen LogP contribution is 2.34. The maximum absolute atomic E-state index is 12.7. The van der Waals surface area contributed by atoms with E-state index in [9.17, 15) is 13.2 Å². The molecule has 2 aromatic heterocycles. The van der Waals surface area contributed by atoms with Gasteiger partial charge in [-0.3, -0.25) is 0 Å². The Labute approximate surface area is 113 Å². The van der Waals surface area contributed by atoms with Gasteiger partial charge in [-0.1, -0.05) is 41.1 Å². The summed E-state index contributed by atoms with van der Waals surface area (Å²) >= 11 is 6.98. The van der Waals surface area contributed by atoms with Crippen molar-refractivity contribution in [3.63, 3.8) is 0 Å². The molecule has 0 saturated heterocycles. The normalized spacial score (nSPS) is 12.2. The van der Waals surface area contributed by atoms with E-state index in [1.807, 2.05) is 0 Å². The maximum atomic E-state index is 12.7. The number of hydrogen-bond donors (Lipinski definition) is 0. The predicted octanol–water partition coefficient (Wildman–Crippen LogP) is 3.53. The first kappa shape index (κ1) is 12.4. The molecule has 0 aliphatic rings. The molecule has 1 aromatic carbocycles. The van der Waals surface area contributed by atoms with Gasteiger partial charge >= 0.3 is 6.18 Å². The fourth-order valence-corrected chi connectivity index (χ4v) is 2.70. The highest BCUT2D eigenvalue weighted by molar-refractivity contribution is 7.19. The van der Waals surface area contributed by atoms with E-state index in [2.05, 4.69) is 15.3 Å². The second-order valence-electron chi connectivity index (χ2n) is 3.60. The molecule has 0 saturated carbocycles. The molecule has 0 fully saturated rings. The second kappa shape index (κ2) is 4.17. The van der Waals surface area contributed by atoms with E-state index in [0.717, 1.165) is 11.3 Å². The van der Waals surface area contributed by atoms with E-state index in [4.69, 9.17) is 11.6 Å². The number of fused-ring (bicyclic) bond motifs is 1. The van der Waals surface area contributed by atoms with Crippen LogP contribution < -0.4 is 0 Å². The molecular formula is C10H4ClF3N4S. The Morgan fingerprint density at radius 1 is 1.16 bits per heavy atom. The van der Waals surface area contributed by atoms with E-state index in [1.54, 1.807) is 24.3 Å². The van der Waals surface area contributed by atoms with Gasteiger partial charge in [0, 0.05) is 5.56 Å². The number of hydrogen-bond acceptors (Lipinski definition) is 4. The van der Waals surface area contributed by atoms with Crippen molar-refractivity contribution in [2.75, 3.05) is 0 Å². The molecule has 0 spiro atoms. The highest BCUT2D eigenvalue weighted by atomic mass is 35.5. The number of nitrogens with zero attached hydrogens (tertiary/aromatic N) is 4. The summed E-state index contributed by atoms with van der Waals surface area (Å²) in [5.41, 5.74) is 0.563. The number of alkyl halides is 3. The van der Waals surface area contributed by atoms with Crippen LogP contribution >= 0.6 is 22.9 Å². The van der Waals surface area contributed by atoms with Crippen molar-refractivity contribution in [3.8, 4) is 10.6 Å². The molecular weight excluding hydrogens is 301 g/mol. The Balaban J connectivity index is 2.18. The first-order valence-electron chi connectivity index (χ1n) is 5.01.